The molecule has 2 atom stereocenters. The first-order valence-corrected chi connectivity index (χ1v) is 7.77. The second kappa shape index (κ2) is 6.06. The molecule has 6 heteroatoms. The highest BCUT2D eigenvalue weighted by Crippen LogP contribution is 2.34. The standard InChI is InChI=1S/C14H17ClN2O2S/c1-3-8(2)17-13(18)7-12(14(17)19)20-9-4-5-11(16)10(15)6-9/h4-6,8,12H,3,7,16H2,1-2H3. The highest BCUT2D eigenvalue weighted by atomic mass is 35.5. The Morgan fingerprint density at radius 1 is 1.50 bits per heavy atom. The van der Waals surface area contributed by atoms with Crippen LogP contribution in [-0.4, -0.2) is 28.0 Å². The molecule has 1 fully saturated rings. The van der Waals surface area contributed by atoms with Gasteiger partial charge in [-0.3, -0.25) is 14.5 Å². The number of amides is 2. The van der Waals surface area contributed by atoms with Crippen molar-refractivity contribution in [2.24, 2.45) is 0 Å². The highest BCUT2D eigenvalue weighted by Gasteiger charge is 2.41. The molecule has 1 aliphatic heterocycles. The van der Waals surface area contributed by atoms with Gasteiger partial charge in [0, 0.05) is 17.4 Å². The van der Waals surface area contributed by atoms with Crippen LogP contribution in [-0.2, 0) is 9.59 Å². The lowest BCUT2D eigenvalue weighted by Crippen LogP contribution is -2.38. The van der Waals surface area contributed by atoms with E-state index in [0.717, 1.165) is 11.3 Å². The van der Waals surface area contributed by atoms with Gasteiger partial charge in [0.15, 0.2) is 0 Å². The van der Waals surface area contributed by atoms with Gasteiger partial charge in [-0.15, -0.1) is 11.8 Å². The van der Waals surface area contributed by atoms with Crippen LogP contribution in [0, 0.1) is 0 Å². The summed E-state index contributed by atoms with van der Waals surface area (Å²) in [6, 6.07) is 5.20. The number of hydrogen-bond donors (Lipinski definition) is 1. The topological polar surface area (TPSA) is 63.4 Å². The Balaban J connectivity index is 2.13. The second-order valence-electron chi connectivity index (χ2n) is 4.85. The lowest BCUT2D eigenvalue weighted by atomic mass is 10.2. The summed E-state index contributed by atoms with van der Waals surface area (Å²) in [7, 11) is 0. The monoisotopic (exact) mass is 312 g/mol. The third-order valence-electron chi connectivity index (χ3n) is 3.42. The third-order valence-corrected chi connectivity index (χ3v) is 4.93. The molecule has 0 bridgehead atoms. The molecule has 2 rings (SSSR count). The average molecular weight is 313 g/mol. The Bertz CT molecular complexity index is 550. The largest absolute Gasteiger partial charge is 0.398 e. The molecule has 2 amide bonds. The summed E-state index contributed by atoms with van der Waals surface area (Å²) in [5.74, 6) is -0.203. The van der Waals surface area contributed by atoms with Crippen LogP contribution in [0.25, 0.3) is 0 Å². The fourth-order valence-corrected chi connectivity index (χ4v) is 3.45. The number of hydrogen-bond acceptors (Lipinski definition) is 4. The summed E-state index contributed by atoms with van der Waals surface area (Å²) in [5, 5.41) is 0.0988. The van der Waals surface area contributed by atoms with Gasteiger partial charge in [0.1, 0.15) is 0 Å². The molecule has 0 aromatic heterocycles. The molecule has 1 aromatic carbocycles. The number of nitrogen functional groups attached to an aromatic ring is 1. The van der Waals surface area contributed by atoms with E-state index in [1.165, 1.54) is 16.7 Å². The zero-order valence-corrected chi connectivity index (χ0v) is 13.0. The van der Waals surface area contributed by atoms with Crippen molar-refractivity contribution in [2.75, 3.05) is 5.73 Å². The normalized spacial score (nSPS) is 20.6. The van der Waals surface area contributed by atoms with E-state index in [0.29, 0.717) is 10.7 Å². The van der Waals surface area contributed by atoms with Crippen LogP contribution in [0.2, 0.25) is 5.02 Å². The van der Waals surface area contributed by atoms with Crippen molar-refractivity contribution in [1.82, 2.24) is 4.90 Å². The fourth-order valence-electron chi connectivity index (χ4n) is 2.11. The second-order valence-corrected chi connectivity index (χ2v) is 6.54. The molecule has 108 valence electrons. The third kappa shape index (κ3) is 2.94. The van der Waals surface area contributed by atoms with Crippen molar-refractivity contribution in [3.05, 3.63) is 23.2 Å². The van der Waals surface area contributed by atoms with Crippen LogP contribution in [0.1, 0.15) is 26.7 Å². The van der Waals surface area contributed by atoms with Crippen LogP contribution < -0.4 is 5.73 Å². The predicted octanol–water partition coefficient (Wildman–Crippen LogP) is 2.94. The van der Waals surface area contributed by atoms with Gasteiger partial charge in [0.2, 0.25) is 11.8 Å². The first-order chi connectivity index (χ1) is 9.43. The Morgan fingerprint density at radius 3 is 2.80 bits per heavy atom. The molecule has 0 spiro atoms. The first-order valence-electron chi connectivity index (χ1n) is 6.51. The molecular formula is C14H17ClN2O2S. The summed E-state index contributed by atoms with van der Waals surface area (Å²) < 4.78 is 0. The first kappa shape index (κ1) is 15.2. The quantitative estimate of drug-likeness (QED) is 0.686. The predicted molar refractivity (Wildman–Crippen MR) is 81.7 cm³/mol. The molecule has 0 radical (unpaired) electrons. The summed E-state index contributed by atoms with van der Waals surface area (Å²) in [4.78, 5) is 26.5. The smallest absolute Gasteiger partial charge is 0.243 e. The number of carbonyl (C=O) groups excluding carboxylic acids is 2. The lowest BCUT2D eigenvalue weighted by molar-refractivity contribution is -0.140. The molecular weight excluding hydrogens is 296 g/mol. The van der Waals surface area contributed by atoms with E-state index in [4.69, 9.17) is 17.3 Å². The zero-order chi connectivity index (χ0) is 14.9. The molecule has 0 aliphatic carbocycles. The number of nitrogens with zero attached hydrogens (tertiary/aromatic N) is 1. The Morgan fingerprint density at radius 2 is 2.20 bits per heavy atom. The molecule has 0 saturated carbocycles. The van der Waals surface area contributed by atoms with Gasteiger partial charge in [0.05, 0.1) is 16.0 Å². The van der Waals surface area contributed by atoms with E-state index < -0.39 is 0 Å². The van der Waals surface area contributed by atoms with Gasteiger partial charge < -0.3 is 5.73 Å². The number of imide groups is 1. The highest BCUT2D eigenvalue weighted by molar-refractivity contribution is 8.00. The van der Waals surface area contributed by atoms with E-state index in [-0.39, 0.29) is 29.5 Å². The van der Waals surface area contributed by atoms with Crippen molar-refractivity contribution in [2.45, 2.75) is 42.9 Å². The summed E-state index contributed by atoms with van der Waals surface area (Å²) in [5.41, 5.74) is 6.16. The Hall–Kier alpha value is -1.20. The number of anilines is 1. The van der Waals surface area contributed by atoms with Crippen molar-refractivity contribution in [1.29, 1.82) is 0 Å². The number of thioether (sulfide) groups is 1. The molecule has 2 N–H and O–H groups in total. The summed E-state index contributed by atoms with van der Waals surface area (Å²) in [6.07, 6.45) is 1.01. The number of rotatable bonds is 4. The minimum absolute atomic E-state index is 0.0457. The van der Waals surface area contributed by atoms with Gasteiger partial charge >= 0.3 is 0 Å². The van der Waals surface area contributed by atoms with E-state index >= 15 is 0 Å². The van der Waals surface area contributed by atoms with Crippen LogP contribution in [0.5, 0.6) is 0 Å². The van der Waals surface area contributed by atoms with Crippen LogP contribution >= 0.6 is 23.4 Å². The lowest BCUT2D eigenvalue weighted by Gasteiger charge is -2.21. The van der Waals surface area contributed by atoms with Crippen LogP contribution in [0.4, 0.5) is 5.69 Å². The van der Waals surface area contributed by atoms with E-state index in [1.54, 1.807) is 12.1 Å². The minimum atomic E-state index is -0.365. The van der Waals surface area contributed by atoms with Gasteiger partial charge in [-0.2, -0.15) is 0 Å². The van der Waals surface area contributed by atoms with E-state index in [1.807, 2.05) is 19.9 Å². The summed E-state index contributed by atoms with van der Waals surface area (Å²) >= 11 is 7.33. The minimum Gasteiger partial charge on any atom is -0.398 e. The van der Waals surface area contributed by atoms with Gasteiger partial charge in [-0.25, -0.2) is 0 Å². The molecule has 2 unspecified atom stereocenters. The Kier molecular flexibility index (Phi) is 4.60. The maximum Gasteiger partial charge on any atom is 0.243 e. The summed E-state index contributed by atoms with van der Waals surface area (Å²) in [6.45, 7) is 3.86. The van der Waals surface area contributed by atoms with Gasteiger partial charge in [-0.05, 0) is 31.5 Å². The Labute approximate surface area is 127 Å². The van der Waals surface area contributed by atoms with E-state index in [2.05, 4.69) is 0 Å². The SMILES string of the molecule is CCC(C)N1C(=O)CC(Sc2ccc(N)c(Cl)c2)C1=O. The van der Waals surface area contributed by atoms with Crippen molar-refractivity contribution in [3.63, 3.8) is 0 Å². The molecule has 1 aromatic rings. The molecule has 4 nitrogen and oxygen atoms in total. The number of benzene rings is 1. The van der Waals surface area contributed by atoms with Crippen molar-refractivity contribution < 1.29 is 9.59 Å². The maximum atomic E-state index is 12.3. The van der Waals surface area contributed by atoms with Crippen molar-refractivity contribution >= 4 is 40.9 Å². The molecule has 1 saturated heterocycles. The number of nitrogens with two attached hydrogens (primary N) is 1. The average Bonchev–Trinajstić information content (AvgIpc) is 2.68. The maximum absolute atomic E-state index is 12.3. The zero-order valence-electron chi connectivity index (χ0n) is 11.4. The van der Waals surface area contributed by atoms with Crippen LogP contribution in [0.3, 0.4) is 0 Å². The molecule has 20 heavy (non-hydrogen) atoms. The number of carbonyl (C=O) groups is 2. The molecule has 1 heterocycles. The molecule has 1 aliphatic rings. The fraction of sp³-hybridized carbons (Fsp3) is 0.429. The van der Waals surface area contributed by atoms with E-state index in [9.17, 15) is 9.59 Å². The van der Waals surface area contributed by atoms with Gasteiger partial charge in [-0.1, -0.05) is 18.5 Å². The van der Waals surface area contributed by atoms with Crippen LogP contribution in [0.15, 0.2) is 23.1 Å². The number of likely N-dealkylation sites (tertiary alicyclic amines) is 1. The van der Waals surface area contributed by atoms with Gasteiger partial charge in [0.25, 0.3) is 0 Å². The van der Waals surface area contributed by atoms with Crippen molar-refractivity contribution in [3.8, 4) is 0 Å². The number of halogens is 1.